The number of fused-ring (bicyclic) bond motifs is 1. The number of pyridine rings is 2. The highest BCUT2D eigenvalue weighted by Gasteiger charge is 2.03. The zero-order chi connectivity index (χ0) is 13.2. The predicted molar refractivity (Wildman–Crippen MR) is 82.0 cm³/mol. The first-order chi connectivity index (χ1) is 9.22. The Bertz CT molecular complexity index is 746. The molecule has 2 aromatic heterocycles. The molecule has 1 aromatic carbocycles. The lowest BCUT2D eigenvalue weighted by atomic mass is 10.2. The number of benzene rings is 1. The Balaban J connectivity index is 1.96. The van der Waals surface area contributed by atoms with E-state index in [1.807, 2.05) is 30.3 Å². The van der Waals surface area contributed by atoms with Gasteiger partial charge in [-0.1, -0.05) is 17.7 Å². The third-order valence-corrected chi connectivity index (χ3v) is 3.48. The Hall–Kier alpha value is -1.65. The second-order valence-corrected chi connectivity index (χ2v) is 5.31. The molecule has 0 saturated carbocycles. The predicted octanol–water partition coefficient (Wildman–Crippen LogP) is 4.79. The van der Waals surface area contributed by atoms with Crippen LogP contribution in [0.25, 0.3) is 10.9 Å². The summed E-state index contributed by atoms with van der Waals surface area (Å²) in [5.74, 6) is 0.729. The average Bonchev–Trinajstić information content (AvgIpc) is 2.42. The monoisotopic (exact) mass is 333 g/mol. The fraction of sp³-hybridized carbons (Fsp3) is 0. The molecule has 0 radical (unpaired) electrons. The summed E-state index contributed by atoms with van der Waals surface area (Å²) in [5, 5.41) is 4.93. The molecule has 0 amide bonds. The van der Waals surface area contributed by atoms with Crippen molar-refractivity contribution in [1.29, 1.82) is 0 Å². The van der Waals surface area contributed by atoms with Gasteiger partial charge in [-0.2, -0.15) is 0 Å². The molecule has 0 fully saturated rings. The Morgan fingerprint density at radius 3 is 2.84 bits per heavy atom. The van der Waals surface area contributed by atoms with Gasteiger partial charge < -0.3 is 5.32 Å². The highest BCUT2D eigenvalue weighted by Crippen LogP contribution is 2.27. The maximum Gasteiger partial charge on any atom is 0.144 e. The van der Waals surface area contributed by atoms with E-state index in [0.29, 0.717) is 5.02 Å². The zero-order valence-corrected chi connectivity index (χ0v) is 12.1. The van der Waals surface area contributed by atoms with Crippen molar-refractivity contribution < 1.29 is 0 Å². The van der Waals surface area contributed by atoms with Crippen LogP contribution < -0.4 is 5.32 Å². The van der Waals surface area contributed by atoms with Gasteiger partial charge in [-0.3, -0.25) is 4.98 Å². The minimum absolute atomic E-state index is 0.597. The van der Waals surface area contributed by atoms with Crippen LogP contribution in [0, 0.1) is 0 Å². The number of rotatable bonds is 2. The zero-order valence-electron chi connectivity index (χ0n) is 9.77. The first-order valence-electron chi connectivity index (χ1n) is 5.65. The van der Waals surface area contributed by atoms with Gasteiger partial charge >= 0.3 is 0 Å². The lowest BCUT2D eigenvalue weighted by Crippen LogP contribution is -1.94. The van der Waals surface area contributed by atoms with Crippen LogP contribution in [-0.4, -0.2) is 9.97 Å². The first kappa shape index (κ1) is 12.4. The molecule has 94 valence electrons. The van der Waals surface area contributed by atoms with Crippen molar-refractivity contribution in [2.24, 2.45) is 0 Å². The van der Waals surface area contributed by atoms with Crippen molar-refractivity contribution in [2.45, 2.75) is 0 Å². The Kier molecular flexibility index (Phi) is 3.36. The van der Waals surface area contributed by atoms with Crippen LogP contribution in [0.5, 0.6) is 0 Å². The third-order valence-electron chi connectivity index (χ3n) is 2.67. The van der Waals surface area contributed by atoms with E-state index in [9.17, 15) is 0 Å². The maximum absolute atomic E-state index is 5.87. The van der Waals surface area contributed by atoms with Gasteiger partial charge in [0.15, 0.2) is 0 Å². The van der Waals surface area contributed by atoms with E-state index in [4.69, 9.17) is 11.6 Å². The fourth-order valence-electron chi connectivity index (χ4n) is 1.80. The molecule has 0 aliphatic carbocycles. The molecule has 0 atom stereocenters. The van der Waals surface area contributed by atoms with Gasteiger partial charge in [0.25, 0.3) is 0 Å². The van der Waals surface area contributed by atoms with Gasteiger partial charge in [0.05, 0.1) is 15.0 Å². The normalized spacial score (nSPS) is 10.6. The van der Waals surface area contributed by atoms with Gasteiger partial charge in [0.1, 0.15) is 5.82 Å². The van der Waals surface area contributed by atoms with E-state index in [1.165, 1.54) is 0 Å². The minimum atomic E-state index is 0.597. The summed E-state index contributed by atoms with van der Waals surface area (Å²) >= 11 is 9.30. The molecule has 19 heavy (non-hydrogen) atoms. The molecule has 0 aliphatic heterocycles. The van der Waals surface area contributed by atoms with Crippen LogP contribution in [0.4, 0.5) is 11.5 Å². The maximum atomic E-state index is 5.87. The summed E-state index contributed by atoms with van der Waals surface area (Å²) in [4.78, 5) is 8.54. The standard InChI is InChI=1S/C14H9BrClN3/c15-12-7-10(16)8-18-14(12)19-11-3-4-13-9(6-11)2-1-5-17-13/h1-8H,(H,18,19). The van der Waals surface area contributed by atoms with Gasteiger partial charge in [-0.25, -0.2) is 4.98 Å². The second-order valence-electron chi connectivity index (χ2n) is 4.02. The molecule has 3 nitrogen and oxygen atoms in total. The molecule has 0 unspecified atom stereocenters. The van der Waals surface area contributed by atoms with E-state index in [2.05, 4.69) is 31.2 Å². The number of nitrogens with one attached hydrogen (secondary N) is 1. The number of hydrogen-bond donors (Lipinski definition) is 1. The molecular weight excluding hydrogens is 326 g/mol. The molecule has 2 heterocycles. The average molecular weight is 335 g/mol. The van der Waals surface area contributed by atoms with Crippen molar-refractivity contribution in [3.63, 3.8) is 0 Å². The van der Waals surface area contributed by atoms with Gasteiger partial charge in [0, 0.05) is 23.5 Å². The quantitative estimate of drug-likeness (QED) is 0.732. The molecule has 0 aliphatic rings. The lowest BCUT2D eigenvalue weighted by Gasteiger charge is -2.08. The van der Waals surface area contributed by atoms with Crippen molar-refractivity contribution in [2.75, 3.05) is 5.32 Å². The number of anilines is 2. The Morgan fingerprint density at radius 2 is 2.00 bits per heavy atom. The Morgan fingerprint density at radius 1 is 1.11 bits per heavy atom. The number of aromatic nitrogens is 2. The molecule has 0 saturated heterocycles. The lowest BCUT2D eigenvalue weighted by molar-refractivity contribution is 1.29. The molecule has 3 rings (SSSR count). The smallest absolute Gasteiger partial charge is 0.144 e. The number of hydrogen-bond acceptors (Lipinski definition) is 3. The van der Waals surface area contributed by atoms with Crippen molar-refractivity contribution in [1.82, 2.24) is 9.97 Å². The van der Waals surface area contributed by atoms with E-state index < -0.39 is 0 Å². The van der Waals surface area contributed by atoms with Gasteiger partial charge in [-0.15, -0.1) is 0 Å². The fourth-order valence-corrected chi connectivity index (χ4v) is 2.53. The van der Waals surface area contributed by atoms with Crippen LogP contribution in [0.3, 0.4) is 0 Å². The summed E-state index contributed by atoms with van der Waals surface area (Å²) in [6.07, 6.45) is 3.39. The minimum Gasteiger partial charge on any atom is -0.339 e. The van der Waals surface area contributed by atoms with Crippen molar-refractivity contribution in [3.05, 3.63) is 58.3 Å². The van der Waals surface area contributed by atoms with Gasteiger partial charge in [-0.05, 0) is 46.3 Å². The molecular formula is C14H9BrClN3. The molecule has 5 heteroatoms. The highest BCUT2D eigenvalue weighted by atomic mass is 79.9. The first-order valence-corrected chi connectivity index (χ1v) is 6.82. The number of halogens is 2. The Labute approximate surface area is 123 Å². The molecule has 0 bridgehead atoms. The van der Waals surface area contributed by atoms with E-state index in [-0.39, 0.29) is 0 Å². The summed E-state index contributed by atoms with van der Waals surface area (Å²) in [5.41, 5.74) is 1.92. The molecule has 0 spiro atoms. The van der Waals surface area contributed by atoms with Crippen LogP contribution >= 0.6 is 27.5 Å². The van der Waals surface area contributed by atoms with Crippen molar-refractivity contribution in [3.8, 4) is 0 Å². The summed E-state index contributed by atoms with van der Waals surface area (Å²) in [6, 6.07) is 11.7. The topological polar surface area (TPSA) is 37.8 Å². The third kappa shape index (κ3) is 2.69. The number of nitrogens with zero attached hydrogens (tertiary/aromatic N) is 2. The van der Waals surface area contributed by atoms with Crippen LogP contribution in [-0.2, 0) is 0 Å². The summed E-state index contributed by atoms with van der Waals surface area (Å²) < 4.78 is 0.825. The summed E-state index contributed by atoms with van der Waals surface area (Å²) in [6.45, 7) is 0. The highest BCUT2D eigenvalue weighted by molar-refractivity contribution is 9.10. The molecule has 1 N–H and O–H groups in total. The van der Waals surface area contributed by atoms with Crippen molar-refractivity contribution >= 4 is 49.9 Å². The second kappa shape index (κ2) is 5.15. The van der Waals surface area contributed by atoms with E-state index in [1.54, 1.807) is 18.5 Å². The van der Waals surface area contributed by atoms with E-state index >= 15 is 0 Å². The van der Waals surface area contributed by atoms with Gasteiger partial charge in [0.2, 0.25) is 0 Å². The summed E-state index contributed by atoms with van der Waals surface area (Å²) in [7, 11) is 0. The van der Waals surface area contributed by atoms with E-state index in [0.717, 1.165) is 26.9 Å². The SMILES string of the molecule is Clc1cnc(Nc2ccc3ncccc3c2)c(Br)c1. The largest absolute Gasteiger partial charge is 0.339 e. The van der Waals surface area contributed by atoms with Crippen LogP contribution in [0.1, 0.15) is 0 Å². The molecule has 3 aromatic rings. The van der Waals surface area contributed by atoms with Crippen LogP contribution in [0.2, 0.25) is 5.02 Å². The van der Waals surface area contributed by atoms with Crippen LogP contribution in [0.15, 0.2) is 53.3 Å².